The molecule has 0 heterocycles. The van der Waals surface area contributed by atoms with E-state index in [0.29, 0.717) is 45.2 Å². The maximum absolute atomic E-state index is 11.6. The molecule has 0 aliphatic rings. The molecule has 0 aliphatic heterocycles. The van der Waals surface area contributed by atoms with Crippen LogP contribution in [0.15, 0.2) is 23.2 Å². The number of aliphatic imine (C=N–C) groups is 1. The molecular formula is C20H37IN4O4S. The molecular weight excluding hydrogens is 519 g/mol. The third kappa shape index (κ3) is 9.69. The molecule has 10 heteroatoms. The first-order valence-corrected chi connectivity index (χ1v) is 11.9. The molecule has 0 radical (unpaired) electrons. The Labute approximate surface area is 198 Å². The molecule has 1 aromatic rings. The zero-order chi connectivity index (χ0) is 21.9. The van der Waals surface area contributed by atoms with E-state index in [4.69, 9.17) is 9.47 Å². The van der Waals surface area contributed by atoms with Crippen LogP contribution in [-0.4, -0.2) is 64.8 Å². The number of sulfonamides is 1. The number of nitrogens with one attached hydrogen (secondary N) is 2. The minimum atomic E-state index is -3.16. The summed E-state index contributed by atoms with van der Waals surface area (Å²) in [5, 5.41) is 6.58. The number of hydrogen-bond donors (Lipinski definition) is 2. The first-order valence-electron chi connectivity index (χ1n) is 10.1. The number of ether oxygens (including phenoxy) is 2. The lowest BCUT2D eigenvalue weighted by Gasteiger charge is -2.21. The molecule has 0 aliphatic carbocycles. The van der Waals surface area contributed by atoms with E-state index >= 15 is 0 Å². The van der Waals surface area contributed by atoms with Gasteiger partial charge in [0.05, 0.1) is 25.5 Å². The van der Waals surface area contributed by atoms with Crippen LogP contribution in [0.3, 0.4) is 0 Å². The molecule has 2 N–H and O–H groups in total. The fourth-order valence-corrected chi connectivity index (χ4v) is 3.77. The number of rotatable bonds is 12. The maximum atomic E-state index is 11.6. The highest BCUT2D eigenvalue weighted by Crippen LogP contribution is 2.30. The van der Waals surface area contributed by atoms with Gasteiger partial charge in [0.1, 0.15) is 0 Å². The Hall–Kier alpha value is -1.27. The second-order valence-corrected chi connectivity index (χ2v) is 8.53. The van der Waals surface area contributed by atoms with Crippen molar-refractivity contribution >= 4 is 40.0 Å². The van der Waals surface area contributed by atoms with Crippen LogP contribution in [0.5, 0.6) is 11.5 Å². The van der Waals surface area contributed by atoms with E-state index in [1.807, 2.05) is 45.9 Å². The zero-order valence-electron chi connectivity index (χ0n) is 18.9. The van der Waals surface area contributed by atoms with Crippen molar-refractivity contribution in [3.8, 4) is 11.5 Å². The van der Waals surface area contributed by atoms with E-state index in [1.165, 1.54) is 10.6 Å². The predicted octanol–water partition coefficient (Wildman–Crippen LogP) is 3.00. The molecule has 1 unspecified atom stereocenters. The second-order valence-electron chi connectivity index (χ2n) is 6.55. The van der Waals surface area contributed by atoms with E-state index in [0.717, 1.165) is 17.1 Å². The lowest BCUT2D eigenvalue weighted by Crippen LogP contribution is -2.40. The fourth-order valence-electron chi connectivity index (χ4n) is 2.84. The van der Waals surface area contributed by atoms with Crippen molar-refractivity contribution in [2.24, 2.45) is 4.99 Å². The van der Waals surface area contributed by atoms with E-state index < -0.39 is 10.0 Å². The van der Waals surface area contributed by atoms with Crippen LogP contribution >= 0.6 is 24.0 Å². The molecule has 0 spiro atoms. The molecule has 0 saturated heterocycles. The summed E-state index contributed by atoms with van der Waals surface area (Å²) < 4.78 is 36.1. The molecule has 0 fully saturated rings. The number of halogens is 1. The molecule has 30 heavy (non-hydrogen) atoms. The minimum absolute atomic E-state index is 0. The largest absolute Gasteiger partial charge is 0.490 e. The van der Waals surface area contributed by atoms with Gasteiger partial charge >= 0.3 is 0 Å². The zero-order valence-corrected chi connectivity index (χ0v) is 22.0. The molecule has 1 aromatic carbocycles. The van der Waals surface area contributed by atoms with E-state index in [2.05, 4.69) is 15.6 Å². The molecule has 1 rings (SSSR count). The van der Waals surface area contributed by atoms with Crippen molar-refractivity contribution < 1.29 is 17.9 Å². The van der Waals surface area contributed by atoms with E-state index in [-0.39, 0.29) is 30.0 Å². The van der Waals surface area contributed by atoms with Gasteiger partial charge in [-0.05, 0) is 44.9 Å². The summed E-state index contributed by atoms with van der Waals surface area (Å²) in [6.45, 7) is 10.5. The Morgan fingerprint density at radius 1 is 1.17 bits per heavy atom. The molecule has 1 atom stereocenters. The lowest BCUT2D eigenvalue weighted by molar-refractivity contribution is 0.287. The highest BCUT2D eigenvalue weighted by Gasteiger charge is 2.14. The fraction of sp³-hybridized carbons (Fsp3) is 0.650. The smallest absolute Gasteiger partial charge is 0.211 e. The van der Waals surface area contributed by atoms with E-state index in [9.17, 15) is 8.42 Å². The summed E-state index contributed by atoms with van der Waals surface area (Å²) >= 11 is 0. The Bertz CT molecular complexity index is 759. The Morgan fingerprint density at radius 3 is 2.33 bits per heavy atom. The van der Waals surface area contributed by atoms with Gasteiger partial charge < -0.3 is 20.1 Å². The van der Waals surface area contributed by atoms with Crippen molar-refractivity contribution in [1.29, 1.82) is 0 Å². The number of benzene rings is 1. The van der Waals surface area contributed by atoms with Crippen LogP contribution in [0.25, 0.3) is 0 Å². The van der Waals surface area contributed by atoms with E-state index in [1.54, 1.807) is 7.05 Å². The van der Waals surface area contributed by atoms with Crippen molar-refractivity contribution in [3.05, 3.63) is 23.8 Å². The molecule has 8 nitrogen and oxygen atoms in total. The van der Waals surface area contributed by atoms with Crippen LogP contribution < -0.4 is 20.1 Å². The summed E-state index contributed by atoms with van der Waals surface area (Å²) in [6, 6.07) is 5.90. The standard InChI is InChI=1S/C20H36N4O4S.HI/c1-7-24(29(6,25)26)14-10-13-22-20(21-5)23-16(4)17-11-12-18(27-8-2)19(15-17)28-9-3;/h11-12,15-16H,7-10,13-14H2,1-6H3,(H2,21,22,23);1H. The van der Waals surface area contributed by atoms with Gasteiger partial charge in [-0.25, -0.2) is 12.7 Å². The molecule has 0 amide bonds. The van der Waals surface area contributed by atoms with Gasteiger partial charge in [-0.1, -0.05) is 13.0 Å². The Balaban J connectivity index is 0.00000841. The average molecular weight is 557 g/mol. The van der Waals surface area contributed by atoms with Crippen LogP contribution in [0.4, 0.5) is 0 Å². The van der Waals surface area contributed by atoms with Gasteiger partial charge in [-0.2, -0.15) is 0 Å². The third-order valence-electron chi connectivity index (χ3n) is 4.34. The first kappa shape index (κ1) is 28.7. The van der Waals surface area contributed by atoms with Gasteiger partial charge in [-0.15, -0.1) is 24.0 Å². The summed E-state index contributed by atoms with van der Waals surface area (Å²) in [4.78, 5) is 4.25. The second kappa shape index (κ2) is 14.7. The Morgan fingerprint density at radius 2 is 1.80 bits per heavy atom. The normalized spacial score (nSPS) is 12.8. The SMILES string of the molecule is CCOc1ccc(C(C)NC(=NC)NCCCN(CC)S(C)(=O)=O)cc1OCC.I. The van der Waals surface area contributed by atoms with Crippen molar-refractivity contribution in [3.63, 3.8) is 0 Å². The number of guanidine groups is 1. The van der Waals surface area contributed by atoms with Gasteiger partial charge in [0.2, 0.25) is 10.0 Å². The van der Waals surface area contributed by atoms with Crippen LogP contribution in [-0.2, 0) is 10.0 Å². The molecule has 174 valence electrons. The highest BCUT2D eigenvalue weighted by molar-refractivity contribution is 14.0. The molecule has 0 saturated carbocycles. The van der Waals surface area contributed by atoms with Gasteiger partial charge in [0, 0.05) is 26.7 Å². The van der Waals surface area contributed by atoms with Gasteiger partial charge in [0.15, 0.2) is 17.5 Å². The van der Waals surface area contributed by atoms with Crippen molar-refractivity contribution in [2.45, 2.75) is 40.2 Å². The van der Waals surface area contributed by atoms with Crippen LogP contribution in [0.2, 0.25) is 0 Å². The first-order chi connectivity index (χ1) is 13.8. The predicted molar refractivity (Wildman–Crippen MR) is 134 cm³/mol. The molecule has 0 bridgehead atoms. The van der Waals surface area contributed by atoms with Gasteiger partial charge in [0.25, 0.3) is 0 Å². The summed E-state index contributed by atoms with van der Waals surface area (Å²) in [5.74, 6) is 2.12. The van der Waals surface area contributed by atoms with Crippen LogP contribution in [0, 0.1) is 0 Å². The maximum Gasteiger partial charge on any atom is 0.211 e. The van der Waals surface area contributed by atoms with Crippen molar-refractivity contribution in [2.75, 3.05) is 46.2 Å². The molecule has 0 aromatic heterocycles. The lowest BCUT2D eigenvalue weighted by atomic mass is 10.1. The van der Waals surface area contributed by atoms with Crippen LogP contribution in [0.1, 0.15) is 45.7 Å². The summed E-state index contributed by atoms with van der Waals surface area (Å²) in [7, 11) is -1.45. The van der Waals surface area contributed by atoms with Crippen molar-refractivity contribution in [1.82, 2.24) is 14.9 Å². The number of hydrogen-bond acceptors (Lipinski definition) is 5. The Kier molecular flexibility index (Phi) is 14.1. The van der Waals surface area contributed by atoms with Gasteiger partial charge in [-0.3, -0.25) is 4.99 Å². The quantitative estimate of drug-likeness (QED) is 0.178. The highest BCUT2D eigenvalue weighted by atomic mass is 127. The monoisotopic (exact) mass is 556 g/mol. The third-order valence-corrected chi connectivity index (χ3v) is 5.72. The minimum Gasteiger partial charge on any atom is -0.490 e. The summed E-state index contributed by atoms with van der Waals surface area (Å²) in [5.41, 5.74) is 1.05. The average Bonchev–Trinajstić information content (AvgIpc) is 2.67. The summed E-state index contributed by atoms with van der Waals surface area (Å²) in [6.07, 6.45) is 1.92. The number of nitrogens with zero attached hydrogens (tertiary/aromatic N) is 2. The topological polar surface area (TPSA) is 92.3 Å².